The van der Waals surface area contributed by atoms with Crippen molar-refractivity contribution in [3.8, 4) is 0 Å². The molecule has 0 bridgehead atoms. The van der Waals surface area contributed by atoms with Gasteiger partial charge in [0, 0.05) is 31.6 Å². The standard InChI is InChI=1S/C17H26N2/c1-17(2)9-6-10-18-16(17)13-19-11-15(12-19)14-7-4-3-5-8-14/h3-5,7-8,15-16,18H,6,9-13H2,1-2H3. The van der Waals surface area contributed by atoms with Gasteiger partial charge in [-0.25, -0.2) is 0 Å². The molecule has 104 valence electrons. The van der Waals surface area contributed by atoms with Gasteiger partial charge in [0.05, 0.1) is 0 Å². The normalized spacial score (nSPS) is 28.0. The highest BCUT2D eigenvalue weighted by molar-refractivity contribution is 5.22. The van der Waals surface area contributed by atoms with E-state index >= 15 is 0 Å². The minimum absolute atomic E-state index is 0.454. The van der Waals surface area contributed by atoms with Crippen molar-refractivity contribution in [1.82, 2.24) is 10.2 Å². The molecule has 1 aromatic carbocycles. The predicted octanol–water partition coefficient (Wildman–Crippen LogP) is 2.86. The van der Waals surface area contributed by atoms with Gasteiger partial charge in [0.1, 0.15) is 0 Å². The monoisotopic (exact) mass is 258 g/mol. The Morgan fingerprint density at radius 1 is 1.21 bits per heavy atom. The molecule has 3 rings (SSSR count). The van der Waals surface area contributed by atoms with Crippen molar-refractivity contribution in [3.63, 3.8) is 0 Å². The third-order valence-corrected chi connectivity index (χ3v) is 5.00. The maximum Gasteiger partial charge on any atom is 0.0246 e. The first kappa shape index (κ1) is 13.1. The van der Waals surface area contributed by atoms with Crippen LogP contribution in [0.15, 0.2) is 30.3 Å². The van der Waals surface area contributed by atoms with Crippen LogP contribution in [0.3, 0.4) is 0 Å². The van der Waals surface area contributed by atoms with E-state index in [4.69, 9.17) is 0 Å². The van der Waals surface area contributed by atoms with Gasteiger partial charge in [-0.2, -0.15) is 0 Å². The molecule has 2 heterocycles. The molecular formula is C17H26N2. The summed E-state index contributed by atoms with van der Waals surface area (Å²) in [4.78, 5) is 2.61. The van der Waals surface area contributed by atoms with Crippen LogP contribution < -0.4 is 5.32 Å². The van der Waals surface area contributed by atoms with Crippen LogP contribution in [0.25, 0.3) is 0 Å². The number of hydrogen-bond donors (Lipinski definition) is 1. The average Bonchev–Trinajstić information content (AvgIpc) is 2.35. The third kappa shape index (κ3) is 2.85. The highest BCUT2D eigenvalue weighted by Gasteiger charge is 2.36. The summed E-state index contributed by atoms with van der Waals surface area (Å²) in [6.45, 7) is 9.72. The summed E-state index contributed by atoms with van der Waals surface area (Å²) in [5, 5.41) is 3.72. The highest BCUT2D eigenvalue weighted by atomic mass is 15.2. The number of rotatable bonds is 3. The summed E-state index contributed by atoms with van der Waals surface area (Å²) in [6, 6.07) is 11.6. The Hall–Kier alpha value is -0.860. The summed E-state index contributed by atoms with van der Waals surface area (Å²) in [5.41, 5.74) is 1.96. The highest BCUT2D eigenvalue weighted by Crippen LogP contribution is 2.33. The number of nitrogens with one attached hydrogen (secondary N) is 1. The Morgan fingerprint density at radius 3 is 2.63 bits per heavy atom. The molecule has 0 radical (unpaired) electrons. The minimum Gasteiger partial charge on any atom is -0.312 e. The van der Waals surface area contributed by atoms with Gasteiger partial charge in [-0.15, -0.1) is 0 Å². The first-order valence-corrected chi connectivity index (χ1v) is 7.66. The fourth-order valence-corrected chi connectivity index (χ4v) is 3.50. The van der Waals surface area contributed by atoms with Crippen LogP contribution in [-0.2, 0) is 0 Å². The molecule has 0 saturated carbocycles. The molecule has 0 spiro atoms. The summed E-state index contributed by atoms with van der Waals surface area (Å²) >= 11 is 0. The number of piperidine rings is 1. The molecule has 0 amide bonds. The van der Waals surface area contributed by atoms with E-state index in [-0.39, 0.29) is 0 Å². The molecular weight excluding hydrogens is 232 g/mol. The van der Waals surface area contributed by atoms with E-state index in [9.17, 15) is 0 Å². The van der Waals surface area contributed by atoms with E-state index in [0.717, 1.165) is 5.92 Å². The van der Waals surface area contributed by atoms with Crippen LogP contribution in [0.1, 0.15) is 38.2 Å². The second-order valence-electron chi connectivity index (χ2n) is 6.92. The second kappa shape index (κ2) is 5.26. The van der Waals surface area contributed by atoms with Crippen LogP contribution in [0.5, 0.6) is 0 Å². The van der Waals surface area contributed by atoms with Gasteiger partial charge < -0.3 is 10.2 Å². The van der Waals surface area contributed by atoms with Gasteiger partial charge in [0.2, 0.25) is 0 Å². The number of benzene rings is 1. The van der Waals surface area contributed by atoms with Gasteiger partial charge in [0.25, 0.3) is 0 Å². The summed E-state index contributed by atoms with van der Waals surface area (Å²) in [5.74, 6) is 0.757. The molecule has 2 aliphatic rings. The van der Waals surface area contributed by atoms with Crippen molar-refractivity contribution in [3.05, 3.63) is 35.9 Å². The zero-order chi connectivity index (χ0) is 13.3. The van der Waals surface area contributed by atoms with Gasteiger partial charge in [0.15, 0.2) is 0 Å². The molecule has 19 heavy (non-hydrogen) atoms. The van der Waals surface area contributed by atoms with Gasteiger partial charge in [-0.05, 0) is 30.4 Å². The summed E-state index contributed by atoms with van der Waals surface area (Å²) in [7, 11) is 0. The fourth-order valence-electron chi connectivity index (χ4n) is 3.50. The number of hydrogen-bond acceptors (Lipinski definition) is 2. The van der Waals surface area contributed by atoms with Crippen LogP contribution in [-0.4, -0.2) is 37.1 Å². The fraction of sp³-hybridized carbons (Fsp3) is 0.647. The third-order valence-electron chi connectivity index (χ3n) is 5.00. The zero-order valence-corrected chi connectivity index (χ0v) is 12.2. The molecule has 1 atom stereocenters. The van der Waals surface area contributed by atoms with Crippen molar-refractivity contribution >= 4 is 0 Å². The van der Waals surface area contributed by atoms with Gasteiger partial charge >= 0.3 is 0 Å². The second-order valence-corrected chi connectivity index (χ2v) is 6.92. The molecule has 2 heteroatoms. The van der Waals surface area contributed by atoms with Crippen molar-refractivity contribution in [2.24, 2.45) is 5.41 Å². The predicted molar refractivity (Wildman–Crippen MR) is 80.4 cm³/mol. The maximum absolute atomic E-state index is 3.72. The lowest BCUT2D eigenvalue weighted by atomic mass is 9.76. The molecule has 0 aromatic heterocycles. The molecule has 1 N–H and O–H groups in total. The van der Waals surface area contributed by atoms with Crippen molar-refractivity contribution < 1.29 is 0 Å². The van der Waals surface area contributed by atoms with E-state index in [0.29, 0.717) is 11.5 Å². The Morgan fingerprint density at radius 2 is 1.95 bits per heavy atom. The Labute approximate surface area is 117 Å². The molecule has 2 saturated heterocycles. The molecule has 2 fully saturated rings. The smallest absolute Gasteiger partial charge is 0.0246 e. The lowest BCUT2D eigenvalue weighted by Crippen LogP contribution is -2.57. The average molecular weight is 258 g/mol. The zero-order valence-electron chi connectivity index (χ0n) is 12.2. The number of nitrogens with zero attached hydrogens (tertiary/aromatic N) is 1. The lowest BCUT2D eigenvalue weighted by molar-refractivity contribution is 0.0785. The van der Waals surface area contributed by atoms with E-state index in [2.05, 4.69) is 54.4 Å². The summed E-state index contributed by atoms with van der Waals surface area (Å²) in [6.07, 6.45) is 2.69. The molecule has 2 nitrogen and oxygen atoms in total. The first-order chi connectivity index (χ1) is 9.15. The number of likely N-dealkylation sites (tertiary alicyclic amines) is 1. The van der Waals surface area contributed by atoms with Crippen molar-refractivity contribution in [2.75, 3.05) is 26.2 Å². The molecule has 1 unspecified atom stereocenters. The molecule has 2 aliphatic heterocycles. The Kier molecular flexibility index (Phi) is 3.64. The van der Waals surface area contributed by atoms with Gasteiger partial charge in [-0.3, -0.25) is 0 Å². The quantitative estimate of drug-likeness (QED) is 0.897. The van der Waals surface area contributed by atoms with E-state index in [1.54, 1.807) is 0 Å². The maximum atomic E-state index is 3.72. The lowest BCUT2D eigenvalue weighted by Gasteiger charge is -2.47. The molecule has 0 aliphatic carbocycles. The van der Waals surface area contributed by atoms with Crippen molar-refractivity contribution in [2.45, 2.75) is 38.6 Å². The molecule has 1 aromatic rings. The Bertz CT molecular complexity index is 407. The largest absolute Gasteiger partial charge is 0.312 e. The van der Waals surface area contributed by atoms with E-state index in [1.807, 2.05) is 0 Å². The van der Waals surface area contributed by atoms with E-state index < -0.39 is 0 Å². The minimum atomic E-state index is 0.454. The first-order valence-electron chi connectivity index (χ1n) is 7.66. The van der Waals surface area contributed by atoms with Gasteiger partial charge in [-0.1, -0.05) is 44.2 Å². The Balaban J connectivity index is 1.51. The van der Waals surface area contributed by atoms with Crippen LogP contribution in [0, 0.1) is 5.41 Å². The van der Waals surface area contributed by atoms with Crippen molar-refractivity contribution in [1.29, 1.82) is 0 Å². The summed E-state index contributed by atoms with van der Waals surface area (Å²) < 4.78 is 0. The van der Waals surface area contributed by atoms with E-state index in [1.165, 1.54) is 44.6 Å². The topological polar surface area (TPSA) is 15.3 Å². The van der Waals surface area contributed by atoms with Crippen LogP contribution in [0.2, 0.25) is 0 Å². The SMILES string of the molecule is CC1(C)CCCNC1CN1CC(c2ccccc2)C1. The van der Waals surface area contributed by atoms with Crippen LogP contribution in [0.4, 0.5) is 0 Å². The van der Waals surface area contributed by atoms with Crippen LogP contribution >= 0.6 is 0 Å².